The summed E-state index contributed by atoms with van der Waals surface area (Å²) < 4.78 is 22.9. The number of aliphatic hydroxyl groups is 7. The summed E-state index contributed by atoms with van der Waals surface area (Å²) in [4.78, 5) is 23.4. The Bertz CT molecular complexity index is 979. The summed E-state index contributed by atoms with van der Waals surface area (Å²) >= 11 is 0. The number of rotatable bonds is 37. The highest BCUT2D eigenvalue weighted by molar-refractivity contribution is 7.47. The van der Waals surface area contributed by atoms with Gasteiger partial charge in [0.2, 0.25) is 5.91 Å². The minimum atomic E-state index is -5.12. The Morgan fingerprint density at radius 2 is 0.857 bits per heavy atom. The summed E-state index contributed by atoms with van der Waals surface area (Å²) in [7, 11) is -5.12. The number of nitrogens with one attached hydrogen (secondary N) is 1. The van der Waals surface area contributed by atoms with Crippen molar-refractivity contribution in [2.75, 3.05) is 6.61 Å². The maximum Gasteiger partial charge on any atom is 0.472 e. The average molecular weight is 826 g/mol. The molecule has 0 aromatic heterocycles. The smallest absolute Gasteiger partial charge is 0.391 e. The largest absolute Gasteiger partial charge is 0.472 e. The van der Waals surface area contributed by atoms with E-state index in [0.717, 1.165) is 44.9 Å². The van der Waals surface area contributed by atoms with Crippen LogP contribution in [0, 0.1) is 0 Å². The van der Waals surface area contributed by atoms with Crippen molar-refractivity contribution in [3.8, 4) is 0 Å². The molecule has 0 aromatic carbocycles. The van der Waals surface area contributed by atoms with Crippen molar-refractivity contribution in [1.82, 2.24) is 5.32 Å². The first-order chi connectivity index (χ1) is 26.9. The van der Waals surface area contributed by atoms with Gasteiger partial charge in [-0.1, -0.05) is 187 Å². The fourth-order valence-corrected chi connectivity index (χ4v) is 8.41. The topological polar surface area (TPSA) is 226 Å². The highest BCUT2D eigenvalue weighted by Gasteiger charge is 2.51. The SMILES string of the molecule is CCCCCCCCCCCCCCCCC[C@@H](O)[C@H](COP(=O)(O)OC1C(O)C(O)C(O)[C@@H](O)C1O)NC(=O)C(O)CCCCCCCCCCCCCC. The highest BCUT2D eigenvalue weighted by atomic mass is 31.2. The van der Waals surface area contributed by atoms with Gasteiger partial charge in [0.1, 0.15) is 42.7 Å². The third-order valence-electron chi connectivity index (χ3n) is 11.3. The Balaban J connectivity index is 2.55. The van der Waals surface area contributed by atoms with Gasteiger partial charge in [-0.25, -0.2) is 4.57 Å². The van der Waals surface area contributed by atoms with Crippen LogP contribution in [-0.2, 0) is 18.4 Å². The lowest BCUT2D eigenvalue weighted by Gasteiger charge is -2.41. The molecule has 0 saturated heterocycles. The van der Waals surface area contributed by atoms with Crippen LogP contribution in [0.5, 0.6) is 0 Å². The summed E-state index contributed by atoms with van der Waals surface area (Å²) in [6, 6.07) is -1.20. The van der Waals surface area contributed by atoms with Gasteiger partial charge in [0.05, 0.1) is 18.8 Å². The van der Waals surface area contributed by atoms with E-state index in [2.05, 4.69) is 19.2 Å². The maximum absolute atomic E-state index is 13.0. The summed E-state index contributed by atoms with van der Waals surface area (Å²) in [6.07, 6.45) is 17.5. The quantitative estimate of drug-likeness (QED) is 0.0231. The first kappa shape index (κ1) is 53.3. The maximum atomic E-state index is 13.0. The Labute approximate surface area is 339 Å². The molecule has 9 N–H and O–H groups in total. The van der Waals surface area contributed by atoms with Crippen molar-refractivity contribution in [1.29, 1.82) is 0 Å². The van der Waals surface area contributed by atoms with Gasteiger partial charge in [-0.2, -0.15) is 0 Å². The molecule has 1 aliphatic carbocycles. The summed E-state index contributed by atoms with van der Waals surface area (Å²) in [6.45, 7) is 3.74. The molecule has 1 saturated carbocycles. The molecule has 0 heterocycles. The van der Waals surface area contributed by atoms with Crippen molar-refractivity contribution in [3.05, 3.63) is 0 Å². The van der Waals surface area contributed by atoms with Crippen LogP contribution < -0.4 is 5.32 Å². The second-order valence-corrected chi connectivity index (χ2v) is 17.8. The second kappa shape index (κ2) is 33.1. The van der Waals surface area contributed by atoms with E-state index in [4.69, 9.17) is 9.05 Å². The summed E-state index contributed by atoms with van der Waals surface area (Å²) in [5, 5.41) is 74.5. The van der Waals surface area contributed by atoms with Crippen LogP contribution >= 0.6 is 7.82 Å². The molecule has 0 aliphatic heterocycles. The van der Waals surface area contributed by atoms with Gasteiger partial charge in [0.15, 0.2) is 0 Å². The van der Waals surface area contributed by atoms with E-state index in [1.165, 1.54) is 116 Å². The average Bonchev–Trinajstić information content (AvgIpc) is 3.18. The predicted molar refractivity (Wildman–Crippen MR) is 220 cm³/mol. The molecule has 14 heteroatoms. The number of phosphoric acid groups is 1. The van der Waals surface area contributed by atoms with Crippen LogP contribution in [0.4, 0.5) is 0 Å². The predicted octanol–water partition coefficient (Wildman–Crippen LogP) is 6.87. The zero-order valence-electron chi connectivity index (χ0n) is 35.1. The molecule has 0 bridgehead atoms. The standard InChI is InChI=1S/C42H84NO12P/c1-3-5-7-9-11-13-15-17-18-19-21-22-24-26-28-30-34(44)33(32-54-56(52,53)55-41-39(49)37(47)36(46)38(48)40(41)50)43-42(51)35(45)31-29-27-25-23-20-16-14-12-10-8-6-4-2/h33-41,44-50H,3-32H2,1-2H3,(H,43,51)(H,52,53)/t33-,34+,35?,36?,37+,38?,39?,40?,41?/m0/s1. The van der Waals surface area contributed by atoms with E-state index >= 15 is 0 Å². The molecule has 0 spiro atoms. The molecule has 1 fully saturated rings. The molecule has 7 unspecified atom stereocenters. The molecule has 56 heavy (non-hydrogen) atoms. The lowest BCUT2D eigenvalue weighted by molar-refractivity contribution is -0.220. The van der Waals surface area contributed by atoms with Crippen LogP contribution in [0.15, 0.2) is 0 Å². The molecule has 10 atom stereocenters. The second-order valence-electron chi connectivity index (χ2n) is 16.4. The van der Waals surface area contributed by atoms with Crippen LogP contribution in [-0.4, -0.2) is 108 Å². The number of carbonyl (C=O) groups is 1. The first-order valence-corrected chi connectivity index (χ1v) is 24.1. The number of carbonyl (C=O) groups excluding carboxylic acids is 1. The Hall–Kier alpha value is -0.700. The van der Waals surface area contributed by atoms with Crippen LogP contribution in [0.25, 0.3) is 0 Å². The lowest BCUT2D eigenvalue weighted by atomic mass is 9.85. The van der Waals surface area contributed by atoms with E-state index in [0.29, 0.717) is 12.8 Å². The summed E-state index contributed by atoms with van der Waals surface area (Å²) in [5.41, 5.74) is 0. The first-order valence-electron chi connectivity index (χ1n) is 22.6. The normalized spacial score (nSPS) is 24.1. The monoisotopic (exact) mass is 826 g/mol. The third-order valence-corrected chi connectivity index (χ3v) is 12.3. The molecule has 0 aromatic rings. The van der Waals surface area contributed by atoms with Gasteiger partial charge in [-0.15, -0.1) is 0 Å². The zero-order valence-corrected chi connectivity index (χ0v) is 36.0. The van der Waals surface area contributed by atoms with E-state index < -0.39 is 75.2 Å². The molecule has 1 aliphatic rings. The zero-order chi connectivity index (χ0) is 41.6. The van der Waals surface area contributed by atoms with Gasteiger partial charge in [0, 0.05) is 0 Å². The van der Waals surface area contributed by atoms with Crippen molar-refractivity contribution >= 4 is 13.7 Å². The van der Waals surface area contributed by atoms with Crippen molar-refractivity contribution in [2.45, 2.75) is 255 Å². The van der Waals surface area contributed by atoms with E-state index in [9.17, 15) is 50.0 Å². The minimum absolute atomic E-state index is 0.224. The number of unbranched alkanes of at least 4 members (excludes halogenated alkanes) is 25. The fraction of sp³-hybridized carbons (Fsp3) is 0.976. The molecule has 1 amide bonds. The van der Waals surface area contributed by atoms with E-state index in [1.54, 1.807) is 0 Å². The molecule has 0 radical (unpaired) electrons. The van der Waals surface area contributed by atoms with Gasteiger partial charge < -0.3 is 46.0 Å². The van der Waals surface area contributed by atoms with Crippen LogP contribution in [0.1, 0.15) is 200 Å². The molecular formula is C42H84NO12P. The van der Waals surface area contributed by atoms with Gasteiger partial charge in [0.25, 0.3) is 0 Å². The number of aliphatic hydroxyl groups excluding tert-OH is 7. The Morgan fingerprint density at radius 1 is 0.536 bits per heavy atom. The van der Waals surface area contributed by atoms with E-state index in [-0.39, 0.29) is 12.8 Å². The van der Waals surface area contributed by atoms with Crippen molar-refractivity contribution in [2.24, 2.45) is 0 Å². The molecule has 1 rings (SSSR count). The molecule has 13 nitrogen and oxygen atoms in total. The fourth-order valence-electron chi connectivity index (χ4n) is 7.44. The lowest BCUT2D eigenvalue weighted by Crippen LogP contribution is -2.64. The number of hydrogen-bond donors (Lipinski definition) is 9. The Morgan fingerprint density at radius 3 is 1.23 bits per heavy atom. The number of phosphoric ester groups is 1. The summed E-state index contributed by atoms with van der Waals surface area (Å²) in [5.74, 6) is -0.746. The van der Waals surface area contributed by atoms with Crippen molar-refractivity contribution in [3.63, 3.8) is 0 Å². The minimum Gasteiger partial charge on any atom is -0.391 e. The van der Waals surface area contributed by atoms with Crippen LogP contribution in [0.2, 0.25) is 0 Å². The number of hydrogen-bond acceptors (Lipinski definition) is 11. The third kappa shape index (κ3) is 24.4. The van der Waals surface area contributed by atoms with E-state index in [1.807, 2.05) is 0 Å². The van der Waals surface area contributed by atoms with Crippen molar-refractivity contribution < 1.29 is 59.0 Å². The van der Waals surface area contributed by atoms with Gasteiger partial charge in [-0.3, -0.25) is 13.8 Å². The molecule has 334 valence electrons. The highest BCUT2D eigenvalue weighted by Crippen LogP contribution is 2.47. The van der Waals surface area contributed by atoms with Gasteiger partial charge >= 0.3 is 7.82 Å². The van der Waals surface area contributed by atoms with Gasteiger partial charge in [-0.05, 0) is 12.8 Å². The Kier molecular flexibility index (Phi) is 31.5. The molecular weight excluding hydrogens is 741 g/mol. The number of amides is 1. The van der Waals surface area contributed by atoms with Crippen LogP contribution in [0.3, 0.4) is 0 Å².